The summed E-state index contributed by atoms with van der Waals surface area (Å²) in [4.78, 5) is 6.71. The standard InChI is InChI=1S/C32H26ClN3O2S/c1-20-10-11-22(19-25(20)33)28-16-17-29(38-28)31-30(26-8-5-6-18-34-26)35-32(39)36(31)23-12-14-24(15-13-23)37-27-9-4-3-7-21(27)2/h3-19,30-31H,1-2H3,(H,35,39)/t30-,31-/m0/s1. The lowest BCUT2D eigenvalue weighted by Crippen LogP contribution is -2.29. The molecule has 0 radical (unpaired) electrons. The van der Waals surface area contributed by atoms with Crippen LogP contribution in [0.4, 0.5) is 5.69 Å². The quantitative estimate of drug-likeness (QED) is 0.213. The van der Waals surface area contributed by atoms with E-state index in [4.69, 9.17) is 33.0 Å². The number of hydrogen-bond donors (Lipinski definition) is 1. The topological polar surface area (TPSA) is 50.5 Å². The van der Waals surface area contributed by atoms with E-state index >= 15 is 0 Å². The Bertz CT molecular complexity index is 1640. The Morgan fingerprint density at radius 3 is 2.44 bits per heavy atom. The molecular formula is C32H26ClN3O2S. The van der Waals surface area contributed by atoms with Gasteiger partial charge in [-0.25, -0.2) is 0 Å². The summed E-state index contributed by atoms with van der Waals surface area (Å²) in [6.07, 6.45) is 1.79. The van der Waals surface area contributed by atoms with Gasteiger partial charge in [0.15, 0.2) is 5.11 Å². The van der Waals surface area contributed by atoms with Crippen molar-refractivity contribution in [3.8, 4) is 22.8 Å². The minimum Gasteiger partial charge on any atom is -0.459 e. The molecule has 0 spiro atoms. The summed E-state index contributed by atoms with van der Waals surface area (Å²) >= 11 is 12.3. The van der Waals surface area contributed by atoms with Crippen LogP contribution in [0.5, 0.6) is 11.5 Å². The Morgan fingerprint density at radius 1 is 0.897 bits per heavy atom. The number of benzene rings is 3. The van der Waals surface area contributed by atoms with Crippen LogP contribution in [0.1, 0.15) is 34.7 Å². The van der Waals surface area contributed by atoms with Gasteiger partial charge in [0, 0.05) is 22.5 Å². The fourth-order valence-corrected chi connectivity index (χ4v) is 5.33. The SMILES string of the molecule is Cc1ccc(-c2ccc([C@H]3[C@H](c4ccccn4)NC(=S)N3c3ccc(Oc4ccccc4C)cc3)o2)cc1Cl. The monoisotopic (exact) mass is 551 g/mol. The number of rotatable bonds is 6. The van der Waals surface area contributed by atoms with Crippen LogP contribution >= 0.6 is 23.8 Å². The normalized spacial score (nSPS) is 16.8. The molecule has 1 aliphatic heterocycles. The first-order valence-electron chi connectivity index (χ1n) is 12.7. The molecule has 5 aromatic rings. The van der Waals surface area contributed by atoms with Crippen LogP contribution in [0, 0.1) is 13.8 Å². The highest BCUT2D eigenvalue weighted by Gasteiger charge is 2.42. The molecule has 2 atom stereocenters. The molecule has 5 nitrogen and oxygen atoms in total. The Labute approximate surface area is 238 Å². The van der Waals surface area contributed by atoms with Crippen LogP contribution in [0.2, 0.25) is 5.02 Å². The van der Waals surface area contributed by atoms with Crippen molar-refractivity contribution in [1.29, 1.82) is 0 Å². The number of para-hydroxylation sites is 1. The molecule has 1 saturated heterocycles. The smallest absolute Gasteiger partial charge is 0.174 e. The van der Waals surface area contributed by atoms with Crippen molar-refractivity contribution in [1.82, 2.24) is 10.3 Å². The molecule has 0 aliphatic carbocycles. The van der Waals surface area contributed by atoms with Gasteiger partial charge in [0.25, 0.3) is 0 Å². The maximum Gasteiger partial charge on any atom is 0.174 e. The summed E-state index contributed by atoms with van der Waals surface area (Å²) in [7, 11) is 0. The number of nitrogens with zero attached hydrogens (tertiary/aromatic N) is 2. The van der Waals surface area contributed by atoms with Gasteiger partial charge in [-0.05, 0) is 97.9 Å². The number of hydrogen-bond acceptors (Lipinski definition) is 4. The van der Waals surface area contributed by atoms with Crippen LogP contribution in [0.15, 0.2) is 108 Å². The molecule has 2 aromatic heterocycles. The summed E-state index contributed by atoms with van der Waals surface area (Å²) in [5.41, 5.74) is 4.82. The summed E-state index contributed by atoms with van der Waals surface area (Å²) < 4.78 is 12.6. The largest absolute Gasteiger partial charge is 0.459 e. The average Bonchev–Trinajstić information content (AvgIpc) is 3.57. The summed E-state index contributed by atoms with van der Waals surface area (Å²) in [6.45, 7) is 4.01. The van der Waals surface area contributed by atoms with E-state index in [1.54, 1.807) is 6.20 Å². The average molecular weight is 552 g/mol. The van der Waals surface area contributed by atoms with Gasteiger partial charge in [-0.1, -0.05) is 48.0 Å². The number of nitrogens with one attached hydrogen (secondary N) is 1. The minimum absolute atomic E-state index is 0.206. The molecule has 6 rings (SSSR count). The number of aromatic nitrogens is 1. The predicted octanol–water partition coefficient (Wildman–Crippen LogP) is 8.58. The van der Waals surface area contributed by atoms with Crippen LogP contribution in [-0.2, 0) is 0 Å². The fourth-order valence-electron chi connectivity index (χ4n) is 4.81. The van der Waals surface area contributed by atoms with Crippen molar-refractivity contribution in [3.63, 3.8) is 0 Å². The predicted molar refractivity (Wildman–Crippen MR) is 160 cm³/mol. The zero-order chi connectivity index (χ0) is 26.9. The van der Waals surface area contributed by atoms with E-state index in [0.717, 1.165) is 51.1 Å². The van der Waals surface area contributed by atoms with E-state index in [9.17, 15) is 0 Å². The molecule has 7 heteroatoms. The molecule has 194 valence electrons. The molecule has 3 aromatic carbocycles. The summed E-state index contributed by atoms with van der Waals surface area (Å²) in [5, 5.41) is 4.78. The molecule has 0 unspecified atom stereocenters. The maximum absolute atomic E-state index is 6.46. The highest BCUT2D eigenvalue weighted by Crippen LogP contribution is 2.43. The third-order valence-corrected chi connectivity index (χ3v) is 7.63. The van der Waals surface area contributed by atoms with Crippen LogP contribution in [0.25, 0.3) is 11.3 Å². The third kappa shape index (κ3) is 5.01. The first-order valence-corrected chi connectivity index (χ1v) is 13.5. The highest BCUT2D eigenvalue weighted by molar-refractivity contribution is 7.80. The Kier molecular flexibility index (Phi) is 6.81. The van der Waals surface area contributed by atoms with Crippen molar-refractivity contribution in [2.45, 2.75) is 25.9 Å². The van der Waals surface area contributed by atoms with Crippen molar-refractivity contribution in [2.75, 3.05) is 4.90 Å². The minimum atomic E-state index is -0.259. The Hall–Kier alpha value is -4.13. The van der Waals surface area contributed by atoms with E-state index in [2.05, 4.69) is 15.2 Å². The van der Waals surface area contributed by atoms with Gasteiger partial charge in [-0.3, -0.25) is 4.98 Å². The number of furan rings is 1. The lowest BCUT2D eigenvalue weighted by atomic mass is 10.0. The number of pyridine rings is 1. The lowest BCUT2D eigenvalue weighted by molar-refractivity contribution is 0.439. The Morgan fingerprint density at radius 2 is 1.69 bits per heavy atom. The first kappa shape index (κ1) is 25.2. The first-order chi connectivity index (χ1) is 19.0. The van der Waals surface area contributed by atoms with E-state index in [-0.39, 0.29) is 12.1 Å². The van der Waals surface area contributed by atoms with Gasteiger partial charge < -0.3 is 19.4 Å². The van der Waals surface area contributed by atoms with Crippen molar-refractivity contribution in [3.05, 3.63) is 131 Å². The second-order valence-electron chi connectivity index (χ2n) is 9.52. The molecule has 0 saturated carbocycles. The molecule has 1 aliphatic rings. The zero-order valence-corrected chi connectivity index (χ0v) is 23.0. The van der Waals surface area contributed by atoms with Gasteiger partial charge in [-0.15, -0.1) is 0 Å². The van der Waals surface area contributed by atoms with Gasteiger partial charge in [-0.2, -0.15) is 0 Å². The van der Waals surface area contributed by atoms with E-state index in [0.29, 0.717) is 10.1 Å². The van der Waals surface area contributed by atoms with Crippen LogP contribution in [-0.4, -0.2) is 10.1 Å². The number of thiocarbonyl (C=S) groups is 1. The fraction of sp³-hybridized carbons (Fsp3) is 0.125. The number of halogens is 1. The number of aryl methyl sites for hydroxylation is 2. The van der Waals surface area contributed by atoms with Gasteiger partial charge >= 0.3 is 0 Å². The number of ether oxygens (including phenoxy) is 1. The Balaban J connectivity index is 1.36. The molecule has 1 N–H and O–H groups in total. The van der Waals surface area contributed by atoms with Gasteiger partial charge in [0.2, 0.25) is 0 Å². The van der Waals surface area contributed by atoms with E-state index in [1.807, 2.05) is 111 Å². The molecule has 39 heavy (non-hydrogen) atoms. The van der Waals surface area contributed by atoms with Crippen molar-refractivity contribution in [2.24, 2.45) is 0 Å². The lowest BCUT2D eigenvalue weighted by Gasteiger charge is -2.26. The maximum atomic E-state index is 6.46. The van der Waals surface area contributed by atoms with Gasteiger partial charge in [0.1, 0.15) is 29.1 Å². The number of anilines is 1. The second-order valence-corrected chi connectivity index (χ2v) is 10.3. The summed E-state index contributed by atoms with van der Waals surface area (Å²) in [5.74, 6) is 3.09. The van der Waals surface area contributed by atoms with Gasteiger partial charge in [0.05, 0.1) is 11.7 Å². The van der Waals surface area contributed by atoms with Crippen molar-refractivity contribution >= 4 is 34.6 Å². The van der Waals surface area contributed by atoms with E-state index in [1.165, 1.54) is 0 Å². The highest BCUT2D eigenvalue weighted by atomic mass is 35.5. The van der Waals surface area contributed by atoms with Crippen molar-refractivity contribution < 1.29 is 9.15 Å². The third-order valence-electron chi connectivity index (χ3n) is 6.91. The molecule has 0 bridgehead atoms. The van der Waals surface area contributed by atoms with Crippen LogP contribution < -0.4 is 15.0 Å². The summed E-state index contributed by atoms with van der Waals surface area (Å²) in [6, 6.07) is 31.2. The zero-order valence-electron chi connectivity index (χ0n) is 21.5. The van der Waals surface area contributed by atoms with Crippen LogP contribution in [0.3, 0.4) is 0 Å². The second kappa shape index (κ2) is 10.6. The molecule has 3 heterocycles. The molecular weight excluding hydrogens is 526 g/mol. The van der Waals surface area contributed by atoms with E-state index < -0.39 is 0 Å². The molecule has 1 fully saturated rings. The molecule has 0 amide bonds.